The van der Waals surface area contributed by atoms with Gasteiger partial charge in [-0.25, -0.2) is 0 Å². The van der Waals surface area contributed by atoms with Crippen LogP contribution in [0.5, 0.6) is 0 Å². The van der Waals surface area contributed by atoms with Crippen molar-refractivity contribution in [3.8, 4) is 0 Å². The van der Waals surface area contributed by atoms with E-state index in [0.29, 0.717) is 13.0 Å². The van der Waals surface area contributed by atoms with Crippen molar-refractivity contribution in [1.29, 1.82) is 0 Å². The molecular formula is C14H20BrNO. The van der Waals surface area contributed by atoms with E-state index in [-0.39, 0.29) is 5.91 Å². The van der Waals surface area contributed by atoms with Crippen molar-refractivity contribution in [1.82, 2.24) is 5.32 Å². The fraction of sp³-hybridized carbons (Fsp3) is 0.500. The van der Waals surface area contributed by atoms with Gasteiger partial charge in [0.2, 0.25) is 5.91 Å². The first-order chi connectivity index (χ1) is 8.26. The maximum atomic E-state index is 11.5. The average molecular weight is 298 g/mol. The van der Waals surface area contributed by atoms with Gasteiger partial charge in [-0.1, -0.05) is 47.1 Å². The molecule has 0 aliphatic carbocycles. The molecule has 1 N–H and O–H groups in total. The van der Waals surface area contributed by atoms with Gasteiger partial charge in [-0.3, -0.25) is 4.79 Å². The summed E-state index contributed by atoms with van der Waals surface area (Å²) >= 11 is 3.36. The van der Waals surface area contributed by atoms with E-state index < -0.39 is 0 Å². The van der Waals surface area contributed by atoms with Crippen LogP contribution in [-0.2, 0) is 17.8 Å². The minimum Gasteiger partial charge on any atom is -0.352 e. The average Bonchev–Trinajstić information content (AvgIpc) is 2.37. The lowest BCUT2D eigenvalue weighted by atomic mass is 10.1. The van der Waals surface area contributed by atoms with E-state index in [2.05, 4.69) is 52.4 Å². The van der Waals surface area contributed by atoms with Crippen LogP contribution < -0.4 is 5.32 Å². The molecule has 1 amide bonds. The van der Waals surface area contributed by atoms with E-state index in [0.717, 1.165) is 30.2 Å². The molecule has 1 aromatic rings. The monoisotopic (exact) mass is 297 g/mol. The van der Waals surface area contributed by atoms with Crippen molar-refractivity contribution >= 4 is 21.8 Å². The number of benzene rings is 1. The molecule has 1 rings (SSSR count). The van der Waals surface area contributed by atoms with Crippen LogP contribution in [0.25, 0.3) is 0 Å². The molecule has 0 unspecified atom stereocenters. The molecule has 0 radical (unpaired) electrons. The molecule has 2 nitrogen and oxygen atoms in total. The standard InChI is InChI=1S/C14H20BrNO/c1-2-12-6-8-13(9-7-12)11-16-14(17)5-3-4-10-15/h6-9H,2-5,10-11H2,1H3,(H,16,17). The van der Waals surface area contributed by atoms with Crippen LogP contribution >= 0.6 is 15.9 Å². The van der Waals surface area contributed by atoms with Gasteiger partial charge < -0.3 is 5.32 Å². The van der Waals surface area contributed by atoms with Crippen molar-refractivity contribution in [2.45, 2.75) is 39.2 Å². The van der Waals surface area contributed by atoms with Crippen LogP contribution in [0.1, 0.15) is 37.3 Å². The predicted octanol–water partition coefficient (Wildman–Crippen LogP) is 3.43. The normalized spacial score (nSPS) is 10.2. The molecule has 0 saturated carbocycles. The number of hydrogen-bond donors (Lipinski definition) is 1. The molecule has 0 aromatic heterocycles. The Bertz CT molecular complexity index is 335. The number of nitrogens with one attached hydrogen (secondary N) is 1. The highest BCUT2D eigenvalue weighted by atomic mass is 79.9. The maximum absolute atomic E-state index is 11.5. The summed E-state index contributed by atoms with van der Waals surface area (Å²) in [6.07, 6.45) is 3.68. The van der Waals surface area contributed by atoms with E-state index in [1.54, 1.807) is 0 Å². The number of alkyl halides is 1. The zero-order valence-corrected chi connectivity index (χ0v) is 11.9. The number of carbonyl (C=O) groups is 1. The Morgan fingerprint density at radius 3 is 2.41 bits per heavy atom. The molecule has 0 atom stereocenters. The van der Waals surface area contributed by atoms with Crippen LogP contribution in [0, 0.1) is 0 Å². The summed E-state index contributed by atoms with van der Waals surface area (Å²) in [5, 5.41) is 3.91. The fourth-order valence-electron chi connectivity index (χ4n) is 1.56. The van der Waals surface area contributed by atoms with E-state index in [1.165, 1.54) is 5.56 Å². The minimum absolute atomic E-state index is 0.144. The molecule has 0 fully saturated rings. The van der Waals surface area contributed by atoms with Crippen LogP contribution in [-0.4, -0.2) is 11.2 Å². The Hall–Kier alpha value is -0.830. The highest BCUT2D eigenvalue weighted by Crippen LogP contribution is 2.05. The molecule has 1 aromatic carbocycles. The lowest BCUT2D eigenvalue weighted by Gasteiger charge is -2.05. The SMILES string of the molecule is CCc1ccc(CNC(=O)CCCCBr)cc1. The van der Waals surface area contributed by atoms with Crippen molar-refractivity contribution in [2.24, 2.45) is 0 Å². The molecule has 94 valence electrons. The third-order valence-electron chi connectivity index (χ3n) is 2.71. The van der Waals surface area contributed by atoms with Gasteiger partial charge in [0, 0.05) is 18.3 Å². The zero-order chi connectivity index (χ0) is 12.5. The zero-order valence-electron chi connectivity index (χ0n) is 10.3. The Kier molecular flexibility index (Phi) is 6.94. The highest BCUT2D eigenvalue weighted by Gasteiger charge is 2.00. The third-order valence-corrected chi connectivity index (χ3v) is 3.27. The Balaban J connectivity index is 2.27. The van der Waals surface area contributed by atoms with Crippen molar-refractivity contribution in [3.05, 3.63) is 35.4 Å². The Morgan fingerprint density at radius 2 is 1.82 bits per heavy atom. The maximum Gasteiger partial charge on any atom is 0.220 e. The van der Waals surface area contributed by atoms with Crippen molar-refractivity contribution < 1.29 is 4.79 Å². The van der Waals surface area contributed by atoms with Gasteiger partial charge in [-0.15, -0.1) is 0 Å². The lowest BCUT2D eigenvalue weighted by Crippen LogP contribution is -2.22. The molecule has 0 saturated heterocycles. The molecule has 3 heteroatoms. The van der Waals surface area contributed by atoms with Gasteiger partial charge in [-0.05, 0) is 30.4 Å². The predicted molar refractivity (Wildman–Crippen MR) is 75.3 cm³/mol. The number of aryl methyl sites for hydroxylation is 1. The van der Waals surface area contributed by atoms with E-state index in [9.17, 15) is 4.79 Å². The van der Waals surface area contributed by atoms with Gasteiger partial charge in [0.05, 0.1) is 0 Å². The minimum atomic E-state index is 0.144. The molecule has 0 bridgehead atoms. The Labute approximate surface area is 112 Å². The summed E-state index contributed by atoms with van der Waals surface area (Å²) in [6.45, 7) is 2.78. The largest absolute Gasteiger partial charge is 0.352 e. The summed E-state index contributed by atoms with van der Waals surface area (Å²) in [4.78, 5) is 11.5. The molecular weight excluding hydrogens is 278 g/mol. The second-order valence-electron chi connectivity index (χ2n) is 4.09. The van der Waals surface area contributed by atoms with Gasteiger partial charge in [0.25, 0.3) is 0 Å². The number of hydrogen-bond acceptors (Lipinski definition) is 1. The molecule has 0 aliphatic rings. The van der Waals surface area contributed by atoms with Gasteiger partial charge in [0.1, 0.15) is 0 Å². The summed E-state index contributed by atoms with van der Waals surface area (Å²) in [5.74, 6) is 0.144. The molecule has 0 spiro atoms. The highest BCUT2D eigenvalue weighted by molar-refractivity contribution is 9.09. The number of carbonyl (C=O) groups excluding carboxylic acids is 1. The fourth-order valence-corrected chi connectivity index (χ4v) is 1.96. The van der Waals surface area contributed by atoms with Crippen LogP contribution in [0.4, 0.5) is 0 Å². The summed E-state index contributed by atoms with van der Waals surface area (Å²) in [5.41, 5.74) is 2.49. The Morgan fingerprint density at radius 1 is 1.18 bits per heavy atom. The summed E-state index contributed by atoms with van der Waals surface area (Å²) in [7, 11) is 0. The molecule has 17 heavy (non-hydrogen) atoms. The quantitative estimate of drug-likeness (QED) is 0.606. The van der Waals surface area contributed by atoms with Crippen LogP contribution in [0.3, 0.4) is 0 Å². The summed E-state index contributed by atoms with van der Waals surface area (Å²) < 4.78 is 0. The summed E-state index contributed by atoms with van der Waals surface area (Å²) in [6, 6.07) is 8.40. The second kappa shape index (κ2) is 8.29. The van der Waals surface area contributed by atoms with E-state index in [4.69, 9.17) is 0 Å². The van der Waals surface area contributed by atoms with Crippen LogP contribution in [0.2, 0.25) is 0 Å². The number of amides is 1. The van der Waals surface area contributed by atoms with Gasteiger partial charge in [0.15, 0.2) is 0 Å². The third kappa shape index (κ3) is 5.87. The number of halogens is 1. The van der Waals surface area contributed by atoms with Crippen molar-refractivity contribution in [2.75, 3.05) is 5.33 Å². The van der Waals surface area contributed by atoms with E-state index in [1.807, 2.05) is 0 Å². The molecule has 0 aliphatic heterocycles. The van der Waals surface area contributed by atoms with Crippen LogP contribution in [0.15, 0.2) is 24.3 Å². The lowest BCUT2D eigenvalue weighted by molar-refractivity contribution is -0.121. The second-order valence-corrected chi connectivity index (χ2v) is 4.89. The van der Waals surface area contributed by atoms with Gasteiger partial charge >= 0.3 is 0 Å². The topological polar surface area (TPSA) is 29.1 Å². The first kappa shape index (κ1) is 14.2. The smallest absolute Gasteiger partial charge is 0.220 e. The number of rotatable bonds is 7. The first-order valence-electron chi connectivity index (χ1n) is 6.16. The molecule has 0 heterocycles. The number of unbranched alkanes of at least 4 members (excludes halogenated alkanes) is 1. The van der Waals surface area contributed by atoms with Crippen molar-refractivity contribution in [3.63, 3.8) is 0 Å². The van der Waals surface area contributed by atoms with E-state index >= 15 is 0 Å². The first-order valence-corrected chi connectivity index (χ1v) is 7.29. The van der Waals surface area contributed by atoms with Gasteiger partial charge in [-0.2, -0.15) is 0 Å².